The van der Waals surface area contributed by atoms with Crippen LogP contribution in [0, 0.1) is 5.41 Å². The molecule has 1 atom stereocenters. The molecular formula is C12H16O2. The van der Waals surface area contributed by atoms with Crippen LogP contribution in [-0.2, 0) is 11.3 Å². The minimum atomic E-state index is 0.0824. The number of rotatable bonds is 0. The van der Waals surface area contributed by atoms with Crippen LogP contribution < -0.4 is 0 Å². The molecule has 1 aromatic rings. The maximum Gasteiger partial charge on any atom is 0.115 e. The zero-order valence-electron chi connectivity index (χ0n) is 8.87. The Bertz CT molecular complexity index is 350. The number of aromatic hydroxyl groups is 1. The van der Waals surface area contributed by atoms with Crippen LogP contribution in [-0.4, -0.2) is 5.11 Å². The lowest BCUT2D eigenvalue weighted by molar-refractivity contribution is -0.00794. The van der Waals surface area contributed by atoms with Crippen molar-refractivity contribution in [3.05, 3.63) is 29.3 Å². The lowest BCUT2D eigenvalue weighted by Crippen LogP contribution is -2.17. The first-order valence-corrected chi connectivity index (χ1v) is 4.92. The zero-order valence-corrected chi connectivity index (χ0v) is 8.87. The van der Waals surface area contributed by atoms with Crippen LogP contribution in [0.3, 0.4) is 0 Å². The molecule has 0 radical (unpaired) electrons. The van der Waals surface area contributed by atoms with E-state index in [0.29, 0.717) is 12.4 Å². The first-order chi connectivity index (χ1) is 6.48. The minimum absolute atomic E-state index is 0.0824. The SMILES string of the molecule is CC(C)(C)[C@H]1OCc2ccc(O)cc21. The highest BCUT2D eigenvalue weighted by atomic mass is 16.5. The number of benzene rings is 1. The normalized spacial score (nSPS) is 20.9. The van der Waals surface area contributed by atoms with E-state index in [-0.39, 0.29) is 11.5 Å². The van der Waals surface area contributed by atoms with Crippen LogP contribution in [0.4, 0.5) is 0 Å². The third-order valence-electron chi connectivity index (χ3n) is 2.60. The summed E-state index contributed by atoms with van der Waals surface area (Å²) in [6.07, 6.45) is 0.101. The van der Waals surface area contributed by atoms with E-state index in [1.54, 1.807) is 6.07 Å². The van der Waals surface area contributed by atoms with Gasteiger partial charge in [-0.3, -0.25) is 0 Å². The second kappa shape index (κ2) is 2.99. The van der Waals surface area contributed by atoms with Crippen molar-refractivity contribution in [3.63, 3.8) is 0 Å². The number of phenols is 1. The maximum atomic E-state index is 9.42. The van der Waals surface area contributed by atoms with Crippen molar-refractivity contribution in [2.75, 3.05) is 0 Å². The summed E-state index contributed by atoms with van der Waals surface area (Å²) in [6, 6.07) is 5.47. The molecule has 0 bridgehead atoms. The molecule has 76 valence electrons. The van der Waals surface area contributed by atoms with Crippen molar-refractivity contribution in [2.45, 2.75) is 33.5 Å². The van der Waals surface area contributed by atoms with Gasteiger partial charge >= 0.3 is 0 Å². The van der Waals surface area contributed by atoms with Crippen LogP contribution in [0.1, 0.15) is 38.0 Å². The molecule has 0 saturated carbocycles. The summed E-state index contributed by atoms with van der Waals surface area (Å²) < 4.78 is 5.73. The average Bonchev–Trinajstić information content (AvgIpc) is 2.45. The fraction of sp³-hybridized carbons (Fsp3) is 0.500. The Morgan fingerprint density at radius 1 is 1.36 bits per heavy atom. The summed E-state index contributed by atoms with van der Waals surface area (Å²) in [4.78, 5) is 0. The quantitative estimate of drug-likeness (QED) is 0.684. The van der Waals surface area contributed by atoms with Gasteiger partial charge < -0.3 is 9.84 Å². The van der Waals surface area contributed by atoms with E-state index < -0.39 is 0 Å². The van der Waals surface area contributed by atoms with Crippen LogP contribution in [0.5, 0.6) is 5.75 Å². The largest absolute Gasteiger partial charge is 0.508 e. The molecule has 1 aromatic carbocycles. The number of hydrogen-bond acceptors (Lipinski definition) is 2. The number of hydrogen-bond donors (Lipinski definition) is 1. The highest BCUT2D eigenvalue weighted by Crippen LogP contribution is 2.43. The predicted molar refractivity (Wildman–Crippen MR) is 55.1 cm³/mol. The first kappa shape index (κ1) is 9.53. The Kier molecular flexibility index (Phi) is 2.04. The van der Waals surface area contributed by atoms with Gasteiger partial charge in [-0.1, -0.05) is 26.8 Å². The molecule has 1 aliphatic heterocycles. The maximum absolute atomic E-state index is 9.42. The van der Waals surface area contributed by atoms with E-state index in [1.165, 1.54) is 5.56 Å². The highest BCUT2D eigenvalue weighted by Gasteiger charge is 2.33. The minimum Gasteiger partial charge on any atom is -0.508 e. The van der Waals surface area contributed by atoms with E-state index in [4.69, 9.17) is 4.74 Å². The molecule has 0 aromatic heterocycles. The van der Waals surface area contributed by atoms with E-state index in [2.05, 4.69) is 20.8 Å². The Morgan fingerprint density at radius 3 is 2.71 bits per heavy atom. The van der Waals surface area contributed by atoms with Crippen molar-refractivity contribution in [2.24, 2.45) is 5.41 Å². The van der Waals surface area contributed by atoms with Gasteiger partial charge in [0.25, 0.3) is 0 Å². The van der Waals surface area contributed by atoms with Crippen molar-refractivity contribution in [1.29, 1.82) is 0 Å². The summed E-state index contributed by atoms with van der Waals surface area (Å²) in [5, 5.41) is 9.42. The molecule has 1 aliphatic rings. The Morgan fingerprint density at radius 2 is 2.07 bits per heavy atom. The van der Waals surface area contributed by atoms with Gasteiger partial charge in [-0.25, -0.2) is 0 Å². The second-order valence-electron chi connectivity index (χ2n) is 4.94. The predicted octanol–water partition coefficient (Wildman–Crippen LogP) is 3.01. The summed E-state index contributed by atoms with van der Waals surface area (Å²) in [5.74, 6) is 0.323. The lowest BCUT2D eigenvalue weighted by atomic mass is 9.84. The van der Waals surface area contributed by atoms with Crippen LogP contribution in [0.2, 0.25) is 0 Å². The highest BCUT2D eigenvalue weighted by molar-refractivity contribution is 5.38. The van der Waals surface area contributed by atoms with Crippen molar-refractivity contribution < 1.29 is 9.84 Å². The molecule has 1 heterocycles. The van der Waals surface area contributed by atoms with Gasteiger partial charge in [0, 0.05) is 0 Å². The molecule has 0 saturated heterocycles. The fourth-order valence-corrected chi connectivity index (χ4v) is 1.94. The molecule has 0 fully saturated rings. The molecule has 14 heavy (non-hydrogen) atoms. The molecule has 2 nitrogen and oxygen atoms in total. The smallest absolute Gasteiger partial charge is 0.115 e. The molecule has 0 amide bonds. The van der Waals surface area contributed by atoms with Gasteiger partial charge in [-0.15, -0.1) is 0 Å². The number of ether oxygens (including phenoxy) is 1. The Labute approximate surface area is 84.5 Å². The van der Waals surface area contributed by atoms with Gasteiger partial charge in [0.2, 0.25) is 0 Å². The van der Waals surface area contributed by atoms with Crippen molar-refractivity contribution in [1.82, 2.24) is 0 Å². The van der Waals surface area contributed by atoms with Gasteiger partial charge in [0.1, 0.15) is 5.75 Å². The summed E-state index contributed by atoms with van der Waals surface area (Å²) in [6.45, 7) is 7.11. The number of phenolic OH excluding ortho intramolecular Hbond substituents is 1. The molecule has 2 heteroatoms. The van der Waals surface area contributed by atoms with Gasteiger partial charge in [-0.05, 0) is 28.7 Å². The third-order valence-corrected chi connectivity index (χ3v) is 2.60. The second-order valence-corrected chi connectivity index (χ2v) is 4.94. The van der Waals surface area contributed by atoms with Gasteiger partial charge in [0.15, 0.2) is 0 Å². The Balaban J connectivity index is 2.43. The van der Waals surface area contributed by atoms with Crippen LogP contribution in [0.25, 0.3) is 0 Å². The van der Waals surface area contributed by atoms with Gasteiger partial charge in [0.05, 0.1) is 12.7 Å². The molecule has 1 N–H and O–H groups in total. The van der Waals surface area contributed by atoms with Crippen molar-refractivity contribution >= 4 is 0 Å². The first-order valence-electron chi connectivity index (χ1n) is 4.92. The molecule has 2 rings (SSSR count). The number of fused-ring (bicyclic) bond motifs is 1. The standard InChI is InChI=1S/C12H16O2/c1-12(2,3)11-10-6-9(13)5-4-8(10)7-14-11/h4-6,11,13H,7H2,1-3H3/t11-/m0/s1. The molecule has 0 spiro atoms. The zero-order chi connectivity index (χ0) is 10.3. The molecule has 0 unspecified atom stereocenters. The fourth-order valence-electron chi connectivity index (χ4n) is 1.94. The van der Waals surface area contributed by atoms with E-state index in [0.717, 1.165) is 5.56 Å². The third kappa shape index (κ3) is 1.50. The van der Waals surface area contributed by atoms with E-state index >= 15 is 0 Å². The summed E-state index contributed by atoms with van der Waals surface area (Å²) >= 11 is 0. The molecule has 0 aliphatic carbocycles. The topological polar surface area (TPSA) is 29.5 Å². The molecular weight excluding hydrogens is 176 g/mol. The summed E-state index contributed by atoms with van der Waals surface area (Å²) in [5.41, 5.74) is 2.42. The average molecular weight is 192 g/mol. The van der Waals surface area contributed by atoms with Crippen LogP contribution >= 0.6 is 0 Å². The lowest BCUT2D eigenvalue weighted by Gasteiger charge is -2.26. The van der Waals surface area contributed by atoms with E-state index in [1.807, 2.05) is 12.1 Å². The van der Waals surface area contributed by atoms with Gasteiger partial charge in [-0.2, -0.15) is 0 Å². The summed E-state index contributed by atoms with van der Waals surface area (Å²) in [7, 11) is 0. The Hall–Kier alpha value is -1.02. The van der Waals surface area contributed by atoms with Crippen LogP contribution in [0.15, 0.2) is 18.2 Å². The van der Waals surface area contributed by atoms with Crippen molar-refractivity contribution in [3.8, 4) is 5.75 Å². The van der Waals surface area contributed by atoms with E-state index in [9.17, 15) is 5.11 Å². The monoisotopic (exact) mass is 192 g/mol.